The van der Waals surface area contributed by atoms with Crippen LogP contribution in [0.4, 0.5) is 13.2 Å². The summed E-state index contributed by atoms with van der Waals surface area (Å²) < 4.78 is 36.5. The lowest BCUT2D eigenvalue weighted by Crippen LogP contribution is -2.38. The largest absolute Gasteiger partial charge is 0.441 e. The van der Waals surface area contributed by atoms with Crippen LogP contribution in [0.15, 0.2) is 9.59 Å². The predicted octanol–water partition coefficient (Wildman–Crippen LogP) is 2.01. The summed E-state index contributed by atoms with van der Waals surface area (Å²) in [5, 5.41) is -0.0628. The van der Waals surface area contributed by atoms with E-state index in [4.69, 9.17) is 11.6 Å². The summed E-state index contributed by atoms with van der Waals surface area (Å²) >= 11 is 5.38. The van der Waals surface area contributed by atoms with Crippen LogP contribution >= 0.6 is 23.4 Å². The van der Waals surface area contributed by atoms with Crippen LogP contribution in [0.25, 0.3) is 0 Å². The van der Waals surface area contributed by atoms with E-state index in [1.807, 2.05) is 0 Å². The van der Waals surface area contributed by atoms with E-state index in [0.29, 0.717) is 6.42 Å². The molecule has 0 aliphatic heterocycles. The van der Waals surface area contributed by atoms with Crippen LogP contribution < -0.4 is 11.2 Å². The van der Waals surface area contributed by atoms with Gasteiger partial charge in [0.2, 0.25) is 0 Å². The first-order chi connectivity index (χ1) is 8.26. The number of hydrogen-bond donors (Lipinski definition) is 1. The zero-order valence-electron chi connectivity index (χ0n) is 9.31. The van der Waals surface area contributed by atoms with Crippen molar-refractivity contribution in [2.45, 2.75) is 25.4 Å². The molecule has 0 fully saturated rings. The molecule has 0 aromatic carbocycles. The van der Waals surface area contributed by atoms with Crippen molar-refractivity contribution in [1.29, 1.82) is 0 Å². The number of nitrogens with zero attached hydrogens (tertiary/aromatic N) is 1. The number of hydrogen-bond acceptors (Lipinski definition) is 3. The second-order valence-corrected chi connectivity index (χ2v) is 4.87. The van der Waals surface area contributed by atoms with Crippen molar-refractivity contribution in [2.24, 2.45) is 0 Å². The van der Waals surface area contributed by atoms with Gasteiger partial charge in [-0.15, -0.1) is 0 Å². The van der Waals surface area contributed by atoms with Gasteiger partial charge in [0.15, 0.2) is 0 Å². The molecule has 0 amide bonds. The smallest absolute Gasteiger partial charge is 0.297 e. The van der Waals surface area contributed by atoms with Crippen molar-refractivity contribution in [3.8, 4) is 0 Å². The molecule has 1 rings (SSSR count). The van der Waals surface area contributed by atoms with Gasteiger partial charge in [0, 0.05) is 12.3 Å². The molecule has 1 N–H and O–H groups in total. The fourth-order valence-electron chi connectivity index (χ4n) is 1.35. The maximum absolute atomic E-state index is 11.9. The van der Waals surface area contributed by atoms with Gasteiger partial charge >= 0.3 is 11.2 Å². The number of alkyl halides is 3. The van der Waals surface area contributed by atoms with Gasteiger partial charge in [-0.3, -0.25) is 14.3 Å². The van der Waals surface area contributed by atoms with E-state index in [1.165, 1.54) is 0 Å². The lowest BCUT2D eigenvalue weighted by molar-refractivity contribution is -0.0328. The Morgan fingerprint density at radius 3 is 2.50 bits per heavy atom. The second-order valence-electron chi connectivity index (χ2n) is 3.33. The Bertz CT molecular complexity index is 538. The van der Waals surface area contributed by atoms with Crippen molar-refractivity contribution in [2.75, 3.05) is 5.75 Å². The minimum atomic E-state index is -4.38. The first-order valence-corrected chi connectivity index (χ1v) is 6.34. The van der Waals surface area contributed by atoms with Gasteiger partial charge in [-0.1, -0.05) is 18.5 Å². The molecular formula is C9H10ClF3N2O2S. The summed E-state index contributed by atoms with van der Waals surface area (Å²) in [6.07, 6.45) is 0.293. The minimum absolute atomic E-state index is 0.0628. The minimum Gasteiger partial charge on any atom is -0.297 e. The monoisotopic (exact) mass is 302 g/mol. The van der Waals surface area contributed by atoms with Crippen LogP contribution in [0.3, 0.4) is 0 Å². The van der Waals surface area contributed by atoms with E-state index in [0.717, 1.165) is 4.57 Å². The van der Waals surface area contributed by atoms with Gasteiger partial charge in [-0.25, -0.2) is 4.79 Å². The number of H-pyrrole nitrogens is 1. The highest BCUT2D eigenvalue weighted by Crippen LogP contribution is 2.29. The van der Waals surface area contributed by atoms with Gasteiger partial charge in [0.1, 0.15) is 5.15 Å². The first kappa shape index (κ1) is 15.2. The molecule has 0 atom stereocenters. The summed E-state index contributed by atoms with van der Waals surface area (Å²) in [4.78, 5) is 25.4. The van der Waals surface area contributed by atoms with Crippen LogP contribution in [0.5, 0.6) is 0 Å². The van der Waals surface area contributed by atoms with Gasteiger partial charge in [-0.2, -0.15) is 13.2 Å². The number of aromatic nitrogens is 2. The van der Waals surface area contributed by atoms with E-state index >= 15 is 0 Å². The number of rotatable bonds is 4. The Labute approximate surface area is 109 Å². The normalized spacial score (nSPS) is 11.8. The van der Waals surface area contributed by atoms with E-state index in [-0.39, 0.29) is 29.0 Å². The fraction of sp³-hybridized carbons (Fsp3) is 0.556. The van der Waals surface area contributed by atoms with Crippen LogP contribution in [0, 0.1) is 0 Å². The maximum Gasteiger partial charge on any atom is 0.441 e. The van der Waals surface area contributed by atoms with E-state index in [9.17, 15) is 22.8 Å². The van der Waals surface area contributed by atoms with E-state index < -0.39 is 22.5 Å². The Morgan fingerprint density at radius 1 is 1.39 bits per heavy atom. The molecule has 1 aromatic rings. The fourth-order valence-corrected chi connectivity index (χ4v) is 2.15. The van der Waals surface area contributed by atoms with Crippen molar-refractivity contribution < 1.29 is 13.2 Å². The molecule has 102 valence electrons. The third-order valence-corrected chi connectivity index (χ3v) is 3.20. The summed E-state index contributed by atoms with van der Waals surface area (Å²) in [6, 6.07) is 0. The molecule has 0 saturated carbocycles. The summed E-state index contributed by atoms with van der Waals surface area (Å²) in [5.41, 5.74) is -5.64. The van der Waals surface area contributed by atoms with Gasteiger partial charge in [-0.05, 0) is 18.2 Å². The third-order valence-electron chi connectivity index (χ3n) is 2.16. The molecule has 0 saturated heterocycles. The molecule has 0 aliphatic rings. The van der Waals surface area contributed by atoms with Gasteiger partial charge in [0.05, 0.1) is 5.56 Å². The first-order valence-electron chi connectivity index (χ1n) is 4.98. The molecule has 0 unspecified atom stereocenters. The number of nitrogens with one attached hydrogen (secondary N) is 1. The molecule has 1 heterocycles. The average molecular weight is 303 g/mol. The molecule has 0 radical (unpaired) electrons. The number of halogens is 4. The Hall–Kier alpha value is -0.890. The SMILES string of the molecule is CCc1c(Cl)[nH]c(=O)n(CCSC(F)(F)F)c1=O. The van der Waals surface area contributed by atoms with Crippen molar-refractivity contribution in [3.63, 3.8) is 0 Å². The Morgan fingerprint density at radius 2 is 2.00 bits per heavy atom. The lowest BCUT2D eigenvalue weighted by atomic mass is 10.2. The standard InChI is InChI=1S/C9H10ClF3N2O2S/c1-2-5-6(10)14-8(17)15(7(5)16)3-4-18-9(11,12)13/h2-4H2,1H3,(H,14,17). The van der Waals surface area contributed by atoms with E-state index in [1.54, 1.807) is 6.92 Å². The van der Waals surface area contributed by atoms with E-state index in [2.05, 4.69) is 4.98 Å². The highest BCUT2D eigenvalue weighted by molar-refractivity contribution is 8.00. The number of aromatic amines is 1. The summed E-state index contributed by atoms with van der Waals surface area (Å²) in [7, 11) is 0. The molecule has 18 heavy (non-hydrogen) atoms. The van der Waals surface area contributed by atoms with Crippen LogP contribution in [-0.2, 0) is 13.0 Å². The summed E-state index contributed by atoms with van der Waals surface area (Å²) in [5.74, 6) is -0.405. The van der Waals surface area contributed by atoms with Crippen molar-refractivity contribution >= 4 is 23.4 Å². The molecule has 0 aliphatic carbocycles. The highest BCUT2D eigenvalue weighted by Gasteiger charge is 2.27. The van der Waals surface area contributed by atoms with Gasteiger partial charge in [0.25, 0.3) is 5.56 Å². The molecule has 9 heteroatoms. The molecule has 4 nitrogen and oxygen atoms in total. The van der Waals surface area contributed by atoms with Gasteiger partial charge < -0.3 is 0 Å². The van der Waals surface area contributed by atoms with Crippen LogP contribution in [-0.4, -0.2) is 20.8 Å². The lowest BCUT2D eigenvalue weighted by Gasteiger charge is -2.08. The van der Waals surface area contributed by atoms with Crippen molar-refractivity contribution in [1.82, 2.24) is 9.55 Å². The topological polar surface area (TPSA) is 54.9 Å². The highest BCUT2D eigenvalue weighted by atomic mass is 35.5. The quantitative estimate of drug-likeness (QED) is 0.866. The molecule has 0 spiro atoms. The molecule has 1 aromatic heterocycles. The predicted molar refractivity (Wildman–Crippen MR) is 64.2 cm³/mol. The second kappa shape index (κ2) is 5.83. The van der Waals surface area contributed by atoms with Crippen LogP contribution in [0.1, 0.15) is 12.5 Å². The molecular weight excluding hydrogens is 293 g/mol. The average Bonchev–Trinajstić information content (AvgIpc) is 2.21. The zero-order chi connectivity index (χ0) is 13.9. The third kappa shape index (κ3) is 3.81. The summed E-state index contributed by atoms with van der Waals surface area (Å²) in [6.45, 7) is 1.35. The van der Waals surface area contributed by atoms with Crippen molar-refractivity contribution in [3.05, 3.63) is 31.6 Å². The maximum atomic E-state index is 11.9. The van der Waals surface area contributed by atoms with Crippen LogP contribution in [0.2, 0.25) is 5.15 Å². The Kier molecular flexibility index (Phi) is 4.92. The Balaban J connectivity index is 2.97. The zero-order valence-corrected chi connectivity index (χ0v) is 10.9. The number of thioether (sulfide) groups is 1. The molecule has 0 bridgehead atoms.